The van der Waals surface area contributed by atoms with Crippen LogP contribution in [0, 0.1) is 10.1 Å². The molecule has 6 nitrogen and oxygen atoms in total. The van der Waals surface area contributed by atoms with E-state index in [9.17, 15) is 14.9 Å². The van der Waals surface area contributed by atoms with E-state index in [2.05, 4.69) is 21.2 Å². The summed E-state index contributed by atoms with van der Waals surface area (Å²) in [6.07, 6.45) is 2.72. The molecule has 2 unspecified atom stereocenters. The van der Waals surface area contributed by atoms with Crippen molar-refractivity contribution >= 4 is 27.5 Å². The van der Waals surface area contributed by atoms with Crippen molar-refractivity contribution < 1.29 is 14.5 Å². The van der Waals surface area contributed by atoms with Crippen molar-refractivity contribution in [1.82, 2.24) is 5.32 Å². The third-order valence-corrected chi connectivity index (χ3v) is 4.31. The molecule has 0 spiro atoms. The summed E-state index contributed by atoms with van der Waals surface area (Å²) in [4.78, 5) is 22.5. The molecule has 1 aromatic rings. The van der Waals surface area contributed by atoms with E-state index in [1.807, 2.05) is 0 Å². The number of carbonyl (C=O) groups excluding carboxylic acids is 1. The number of nitrogens with one attached hydrogen (secondary N) is 1. The number of rotatable bonds is 4. The molecule has 0 heterocycles. The zero-order chi connectivity index (χ0) is 14.7. The van der Waals surface area contributed by atoms with E-state index >= 15 is 0 Å². The van der Waals surface area contributed by atoms with Crippen LogP contribution in [0.15, 0.2) is 22.7 Å². The maximum atomic E-state index is 12.2. The van der Waals surface area contributed by atoms with Gasteiger partial charge in [-0.05, 0) is 41.3 Å². The van der Waals surface area contributed by atoms with Crippen molar-refractivity contribution in [3.8, 4) is 0 Å². The van der Waals surface area contributed by atoms with Crippen molar-refractivity contribution in [3.63, 3.8) is 0 Å². The van der Waals surface area contributed by atoms with E-state index in [0.29, 0.717) is 0 Å². The fourth-order valence-electron chi connectivity index (χ4n) is 2.38. The summed E-state index contributed by atoms with van der Waals surface area (Å²) < 4.78 is 5.46. The van der Waals surface area contributed by atoms with Gasteiger partial charge in [0.25, 0.3) is 11.6 Å². The Morgan fingerprint density at radius 1 is 1.50 bits per heavy atom. The molecule has 108 valence electrons. The van der Waals surface area contributed by atoms with Crippen LogP contribution in [0.5, 0.6) is 0 Å². The van der Waals surface area contributed by atoms with Crippen LogP contribution in [-0.4, -0.2) is 30.1 Å². The number of methoxy groups -OCH3 is 1. The van der Waals surface area contributed by atoms with Crippen LogP contribution in [-0.2, 0) is 4.74 Å². The number of carbonyl (C=O) groups is 1. The zero-order valence-electron chi connectivity index (χ0n) is 11.0. The standard InChI is InChI=1S/C13H15BrN2O4/c1-20-9-6-5-8(7-9)15-13(17)10-3-2-4-11(12(10)14)16(18)19/h2-4,8-9H,5-7H2,1H3,(H,15,17). The summed E-state index contributed by atoms with van der Waals surface area (Å²) in [5.74, 6) is -0.303. The van der Waals surface area contributed by atoms with Crippen molar-refractivity contribution in [2.24, 2.45) is 0 Å². The van der Waals surface area contributed by atoms with E-state index < -0.39 is 4.92 Å². The predicted octanol–water partition coefficient (Wildman–Crippen LogP) is 2.65. The minimum atomic E-state index is -0.516. The molecule has 7 heteroatoms. The van der Waals surface area contributed by atoms with Gasteiger partial charge in [0.05, 0.1) is 16.6 Å². The Bertz CT molecular complexity index is 535. The molecule has 1 N–H and O–H groups in total. The molecular formula is C13H15BrN2O4. The van der Waals surface area contributed by atoms with Crippen molar-refractivity contribution in [3.05, 3.63) is 38.3 Å². The van der Waals surface area contributed by atoms with Gasteiger partial charge in [0.2, 0.25) is 0 Å². The Kier molecular flexibility index (Phi) is 4.72. The number of nitro groups is 1. The highest BCUT2D eigenvalue weighted by molar-refractivity contribution is 9.10. The summed E-state index contributed by atoms with van der Waals surface area (Å²) in [5.41, 5.74) is 0.166. The monoisotopic (exact) mass is 342 g/mol. The first-order chi connectivity index (χ1) is 9.52. The van der Waals surface area contributed by atoms with Crippen LogP contribution in [0.2, 0.25) is 0 Å². The van der Waals surface area contributed by atoms with Gasteiger partial charge in [-0.3, -0.25) is 14.9 Å². The molecule has 20 heavy (non-hydrogen) atoms. The van der Waals surface area contributed by atoms with Crippen molar-refractivity contribution in [2.45, 2.75) is 31.4 Å². The molecule has 1 saturated carbocycles. The summed E-state index contributed by atoms with van der Waals surface area (Å²) >= 11 is 3.13. The lowest BCUT2D eigenvalue weighted by molar-refractivity contribution is -0.385. The van der Waals surface area contributed by atoms with Gasteiger partial charge in [0.1, 0.15) is 4.47 Å². The van der Waals surface area contributed by atoms with Gasteiger partial charge in [-0.25, -0.2) is 0 Å². The largest absolute Gasteiger partial charge is 0.381 e. The van der Waals surface area contributed by atoms with Gasteiger partial charge in [0.15, 0.2) is 0 Å². The Morgan fingerprint density at radius 3 is 2.85 bits per heavy atom. The number of ether oxygens (including phenoxy) is 1. The van der Waals surface area contributed by atoms with Crippen LogP contribution in [0.4, 0.5) is 5.69 Å². The maximum Gasteiger partial charge on any atom is 0.284 e. The quantitative estimate of drug-likeness (QED) is 0.673. The Labute approximate surface area is 124 Å². The molecule has 2 rings (SSSR count). The van der Waals surface area contributed by atoms with Crippen LogP contribution < -0.4 is 5.32 Å². The van der Waals surface area contributed by atoms with Gasteiger partial charge in [-0.1, -0.05) is 6.07 Å². The molecular weight excluding hydrogens is 328 g/mol. The normalized spacial score (nSPS) is 21.7. The van der Waals surface area contributed by atoms with E-state index in [1.54, 1.807) is 13.2 Å². The van der Waals surface area contributed by atoms with Crippen LogP contribution >= 0.6 is 15.9 Å². The second-order valence-electron chi connectivity index (χ2n) is 4.74. The topological polar surface area (TPSA) is 81.5 Å². The Morgan fingerprint density at radius 2 is 2.25 bits per heavy atom. The van der Waals surface area contributed by atoms with Crippen molar-refractivity contribution in [2.75, 3.05) is 7.11 Å². The molecule has 0 saturated heterocycles. The number of nitro benzene ring substituents is 1. The van der Waals surface area contributed by atoms with E-state index in [4.69, 9.17) is 4.74 Å². The second-order valence-corrected chi connectivity index (χ2v) is 5.53. The van der Waals surface area contributed by atoms with E-state index in [1.165, 1.54) is 12.1 Å². The molecule has 1 aliphatic rings. The number of hydrogen-bond donors (Lipinski definition) is 1. The number of hydrogen-bond acceptors (Lipinski definition) is 4. The fourth-order valence-corrected chi connectivity index (χ4v) is 2.97. The minimum Gasteiger partial charge on any atom is -0.381 e. The molecule has 1 fully saturated rings. The van der Waals surface area contributed by atoms with Gasteiger partial charge >= 0.3 is 0 Å². The third kappa shape index (κ3) is 3.16. The second kappa shape index (κ2) is 6.32. The first-order valence-corrected chi connectivity index (χ1v) is 7.08. The van der Waals surface area contributed by atoms with E-state index in [-0.39, 0.29) is 33.8 Å². The lowest BCUT2D eigenvalue weighted by atomic mass is 10.1. The van der Waals surface area contributed by atoms with Gasteiger partial charge in [0, 0.05) is 19.2 Å². The van der Waals surface area contributed by atoms with Crippen LogP contribution in [0.25, 0.3) is 0 Å². The number of nitrogens with zero attached hydrogens (tertiary/aromatic N) is 1. The van der Waals surface area contributed by atoms with Gasteiger partial charge in [-0.15, -0.1) is 0 Å². The fraction of sp³-hybridized carbons (Fsp3) is 0.462. The highest BCUT2D eigenvalue weighted by atomic mass is 79.9. The highest BCUT2D eigenvalue weighted by Gasteiger charge is 2.27. The molecule has 1 aliphatic carbocycles. The summed E-state index contributed by atoms with van der Waals surface area (Å²) in [5, 5.41) is 13.7. The third-order valence-electron chi connectivity index (χ3n) is 3.47. The smallest absolute Gasteiger partial charge is 0.284 e. The number of benzene rings is 1. The maximum absolute atomic E-state index is 12.2. The predicted molar refractivity (Wildman–Crippen MR) is 76.7 cm³/mol. The van der Waals surface area contributed by atoms with Gasteiger partial charge < -0.3 is 10.1 Å². The molecule has 1 aromatic carbocycles. The average Bonchev–Trinajstić information content (AvgIpc) is 2.86. The van der Waals surface area contributed by atoms with E-state index in [0.717, 1.165) is 19.3 Å². The molecule has 1 amide bonds. The summed E-state index contributed by atoms with van der Waals surface area (Å²) in [7, 11) is 1.66. The highest BCUT2D eigenvalue weighted by Crippen LogP contribution is 2.29. The lowest BCUT2D eigenvalue weighted by Crippen LogP contribution is -2.33. The van der Waals surface area contributed by atoms with Crippen molar-refractivity contribution in [1.29, 1.82) is 0 Å². The zero-order valence-corrected chi connectivity index (χ0v) is 12.6. The summed E-state index contributed by atoms with van der Waals surface area (Å²) in [6, 6.07) is 4.48. The number of halogens is 1. The lowest BCUT2D eigenvalue weighted by Gasteiger charge is -2.13. The first kappa shape index (κ1) is 14.9. The molecule has 2 atom stereocenters. The Hall–Kier alpha value is -1.47. The van der Waals surface area contributed by atoms with Gasteiger partial charge in [-0.2, -0.15) is 0 Å². The first-order valence-electron chi connectivity index (χ1n) is 6.29. The van der Waals surface area contributed by atoms with Crippen LogP contribution in [0.3, 0.4) is 0 Å². The molecule has 0 radical (unpaired) electrons. The molecule has 0 bridgehead atoms. The van der Waals surface area contributed by atoms with Crippen LogP contribution in [0.1, 0.15) is 29.6 Å². The summed E-state index contributed by atoms with van der Waals surface area (Å²) in [6.45, 7) is 0. The molecule has 0 aliphatic heterocycles. The molecule has 0 aromatic heterocycles. The average molecular weight is 343 g/mol. The Balaban J connectivity index is 2.10. The minimum absolute atomic E-state index is 0.0543. The SMILES string of the molecule is COC1CCC(NC(=O)c2cccc([N+](=O)[O-])c2Br)C1. The number of amides is 1.